The van der Waals surface area contributed by atoms with Crippen LogP contribution in [0.25, 0.3) is 0 Å². The Labute approximate surface area is 65.7 Å². The van der Waals surface area contributed by atoms with Gasteiger partial charge in [0, 0.05) is 6.08 Å². The molecule has 0 spiro atoms. The van der Waals surface area contributed by atoms with Gasteiger partial charge in [-0.1, -0.05) is 11.8 Å². The van der Waals surface area contributed by atoms with Gasteiger partial charge in [0.15, 0.2) is 0 Å². The molecule has 0 aromatic carbocycles. The first-order valence-corrected chi connectivity index (χ1v) is 3.10. The second kappa shape index (κ2) is 5.51. The molecular weight excluding hydrogens is 144 g/mol. The Kier molecular flexibility index (Phi) is 4.87. The van der Waals surface area contributed by atoms with Gasteiger partial charge >= 0.3 is 5.97 Å². The standard InChI is InChI=1S/C8H10O3/c1-7(9)5-3-4-6-8(10)11-2/h4,6-7,9H,1-2H3/b6-4-. The van der Waals surface area contributed by atoms with Crippen molar-refractivity contribution < 1.29 is 14.6 Å². The Bertz CT molecular complexity index is 205. The minimum atomic E-state index is -0.669. The van der Waals surface area contributed by atoms with E-state index in [1.165, 1.54) is 19.3 Å². The third-order valence-electron chi connectivity index (χ3n) is 0.796. The van der Waals surface area contributed by atoms with Crippen LogP contribution >= 0.6 is 0 Å². The zero-order valence-electron chi connectivity index (χ0n) is 6.50. The highest BCUT2D eigenvalue weighted by molar-refractivity contribution is 5.82. The molecule has 1 unspecified atom stereocenters. The minimum Gasteiger partial charge on any atom is -0.466 e. The van der Waals surface area contributed by atoms with Crippen molar-refractivity contribution in [1.29, 1.82) is 0 Å². The molecule has 0 saturated carbocycles. The number of allylic oxidation sites excluding steroid dienone is 1. The fraction of sp³-hybridized carbons (Fsp3) is 0.375. The predicted octanol–water partition coefficient (Wildman–Crippen LogP) is 0.0998. The monoisotopic (exact) mass is 154 g/mol. The molecule has 3 nitrogen and oxygen atoms in total. The number of aliphatic hydroxyl groups is 1. The molecule has 0 rings (SSSR count). The lowest BCUT2D eigenvalue weighted by Crippen LogP contribution is -1.94. The van der Waals surface area contributed by atoms with Crippen molar-refractivity contribution in [3.63, 3.8) is 0 Å². The topological polar surface area (TPSA) is 46.5 Å². The van der Waals surface area contributed by atoms with Gasteiger partial charge in [0.1, 0.15) is 6.10 Å². The van der Waals surface area contributed by atoms with E-state index in [0.29, 0.717) is 0 Å². The summed E-state index contributed by atoms with van der Waals surface area (Å²) >= 11 is 0. The van der Waals surface area contributed by atoms with Gasteiger partial charge in [-0.25, -0.2) is 4.79 Å². The average molecular weight is 154 g/mol. The van der Waals surface area contributed by atoms with Crippen molar-refractivity contribution in [3.05, 3.63) is 12.2 Å². The summed E-state index contributed by atoms with van der Waals surface area (Å²) in [4.78, 5) is 10.4. The zero-order valence-corrected chi connectivity index (χ0v) is 6.50. The van der Waals surface area contributed by atoms with Gasteiger partial charge in [0.25, 0.3) is 0 Å². The normalized spacial score (nSPS) is 11.9. The van der Waals surface area contributed by atoms with Crippen LogP contribution in [0.5, 0.6) is 0 Å². The molecule has 1 atom stereocenters. The summed E-state index contributed by atoms with van der Waals surface area (Å²) in [6, 6.07) is 0. The molecule has 0 saturated heterocycles. The molecule has 3 heteroatoms. The molecule has 0 aliphatic carbocycles. The zero-order chi connectivity index (χ0) is 8.69. The van der Waals surface area contributed by atoms with Crippen molar-refractivity contribution in [2.24, 2.45) is 0 Å². The van der Waals surface area contributed by atoms with Gasteiger partial charge in [0.2, 0.25) is 0 Å². The Morgan fingerprint density at radius 2 is 2.36 bits per heavy atom. The Balaban J connectivity index is 3.80. The van der Waals surface area contributed by atoms with Gasteiger partial charge in [-0.2, -0.15) is 0 Å². The average Bonchev–Trinajstić information content (AvgIpc) is 1.97. The highest BCUT2D eigenvalue weighted by atomic mass is 16.5. The third kappa shape index (κ3) is 6.62. The largest absolute Gasteiger partial charge is 0.466 e. The number of carbonyl (C=O) groups excluding carboxylic acids is 1. The van der Waals surface area contributed by atoms with E-state index in [0.717, 1.165) is 0 Å². The van der Waals surface area contributed by atoms with Crippen LogP contribution in [0.3, 0.4) is 0 Å². The molecule has 0 heterocycles. The predicted molar refractivity (Wildman–Crippen MR) is 40.6 cm³/mol. The maximum atomic E-state index is 10.4. The second-order valence-corrected chi connectivity index (χ2v) is 1.82. The number of rotatable bonds is 1. The van der Waals surface area contributed by atoms with Gasteiger partial charge in [-0.3, -0.25) is 0 Å². The van der Waals surface area contributed by atoms with Crippen LogP contribution in [0.15, 0.2) is 12.2 Å². The molecule has 11 heavy (non-hydrogen) atoms. The fourth-order valence-electron chi connectivity index (χ4n) is 0.346. The van der Waals surface area contributed by atoms with E-state index in [2.05, 4.69) is 16.6 Å². The van der Waals surface area contributed by atoms with Gasteiger partial charge < -0.3 is 9.84 Å². The Morgan fingerprint density at radius 1 is 1.73 bits per heavy atom. The molecule has 60 valence electrons. The van der Waals surface area contributed by atoms with E-state index in [9.17, 15) is 4.79 Å². The maximum Gasteiger partial charge on any atom is 0.331 e. The summed E-state index contributed by atoms with van der Waals surface area (Å²) in [6.45, 7) is 1.54. The quantitative estimate of drug-likeness (QED) is 0.331. The third-order valence-corrected chi connectivity index (χ3v) is 0.796. The summed E-state index contributed by atoms with van der Waals surface area (Å²) in [7, 11) is 1.29. The van der Waals surface area contributed by atoms with Crippen LogP contribution in [0, 0.1) is 11.8 Å². The number of methoxy groups -OCH3 is 1. The number of aliphatic hydroxyl groups excluding tert-OH is 1. The van der Waals surface area contributed by atoms with Crippen LogP contribution in [-0.2, 0) is 9.53 Å². The summed E-state index contributed by atoms with van der Waals surface area (Å²) in [6.07, 6.45) is 1.85. The summed E-state index contributed by atoms with van der Waals surface area (Å²) in [5.41, 5.74) is 0. The molecule has 0 amide bonds. The highest BCUT2D eigenvalue weighted by Crippen LogP contribution is 1.77. The minimum absolute atomic E-state index is 0.454. The van der Waals surface area contributed by atoms with Crippen LogP contribution in [0.1, 0.15) is 6.92 Å². The first-order chi connectivity index (χ1) is 5.16. The van der Waals surface area contributed by atoms with Gasteiger partial charge in [-0.15, -0.1) is 0 Å². The summed E-state index contributed by atoms with van der Waals surface area (Å²) in [5, 5.41) is 8.65. The SMILES string of the molecule is COC(=O)/C=C\C#CC(C)O. The maximum absolute atomic E-state index is 10.4. The van der Waals surface area contributed by atoms with Gasteiger partial charge in [-0.05, 0) is 13.0 Å². The Morgan fingerprint density at radius 3 is 2.82 bits per heavy atom. The van der Waals surface area contributed by atoms with E-state index < -0.39 is 12.1 Å². The second-order valence-electron chi connectivity index (χ2n) is 1.82. The number of hydrogen-bond acceptors (Lipinski definition) is 3. The van der Waals surface area contributed by atoms with E-state index in [-0.39, 0.29) is 0 Å². The molecule has 0 radical (unpaired) electrons. The van der Waals surface area contributed by atoms with E-state index in [1.54, 1.807) is 6.92 Å². The van der Waals surface area contributed by atoms with Crippen LogP contribution < -0.4 is 0 Å². The summed E-state index contributed by atoms with van der Waals surface area (Å²) < 4.78 is 4.30. The fourth-order valence-corrected chi connectivity index (χ4v) is 0.346. The van der Waals surface area contributed by atoms with Crippen LogP contribution in [0.2, 0.25) is 0 Å². The molecule has 0 fully saturated rings. The van der Waals surface area contributed by atoms with Crippen molar-refractivity contribution in [2.45, 2.75) is 13.0 Å². The molecule has 0 bridgehead atoms. The number of carbonyl (C=O) groups is 1. The van der Waals surface area contributed by atoms with Crippen molar-refractivity contribution in [2.75, 3.05) is 7.11 Å². The van der Waals surface area contributed by atoms with Crippen LogP contribution in [0.4, 0.5) is 0 Å². The molecule has 0 aromatic rings. The Hall–Kier alpha value is -1.27. The summed E-state index contributed by atoms with van der Waals surface area (Å²) in [5.74, 6) is 4.45. The first-order valence-electron chi connectivity index (χ1n) is 3.10. The van der Waals surface area contributed by atoms with Crippen molar-refractivity contribution in [1.82, 2.24) is 0 Å². The first kappa shape index (κ1) is 9.73. The molecule has 1 N–H and O–H groups in total. The lowest BCUT2D eigenvalue weighted by molar-refractivity contribution is -0.134. The van der Waals surface area contributed by atoms with Crippen molar-refractivity contribution >= 4 is 5.97 Å². The van der Waals surface area contributed by atoms with Crippen LogP contribution in [-0.4, -0.2) is 24.3 Å². The van der Waals surface area contributed by atoms with E-state index in [4.69, 9.17) is 5.11 Å². The smallest absolute Gasteiger partial charge is 0.331 e. The molecule has 0 aliphatic heterocycles. The lowest BCUT2D eigenvalue weighted by atomic mass is 10.4. The number of ether oxygens (including phenoxy) is 1. The molecule has 0 aliphatic rings. The lowest BCUT2D eigenvalue weighted by Gasteiger charge is -1.86. The van der Waals surface area contributed by atoms with Crippen molar-refractivity contribution in [3.8, 4) is 11.8 Å². The van der Waals surface area contributed by atoms with E-state index >= 15 is 0 Å². The van der Waals surface area contributed by atoms with Gasteiger partial charge in [0.05, 0.1) is 7.11 Å². The molecule has 0 aromatic heterocycles. The highest BCUT2D eigenvalue weighted by Gasteiger charge is 1.86. The molecular formula is C8H10O3. The number of esters is 1. The van der Waals surface area contributed by atoms with E-state index in [1.807, 2.05) is 0 Å². The number of hydrogen-bond donors (Lipinski definition) is 1.